The highest BCUT2D eigenvalue weighted by Crippen LogP contribution is 2.25. The monoisotopic (exact) mass is 314 g/mol. The maximum atomic E-state index is 14.8. The SMILES string of the molecule is CCOC(=O)/C(Cc1ccc(OC)cc1)=C(/F)c1ccccc1. The van der Waals surface area contributed by atoms with E-state index < -0.39 is 11.8 Å². The predicted molar refractivity (Wildman–Crippen MR) is 87.8 cm³/mol. The van der Waals surface area contributed by atoms with E-state index in [2.05, 4.69) is 0 Å². The number of halogens is 1. The van der Waals surface area contributed by atoms with E-state index in [0.717, 1.165) is 5.56 Å². The van der Waals surface area contributed by atoms with E-state index in [1.54, 1.807) is 68.6 Å². The predicted octanol–water partition coefficient (Wildman–Crippen LogP) is 4.18. The van der Waals surface area contributed by atoms with Gasteiger partial charge in [0.25, 0.3) is 0 Å². The van der Waals surface area contributed by atoms with Crippen molar-refractivity contribution in [3.8, 4) is 5.75 Å². The highest BCUT2D eigenvalue weighted by Gasteiger charge is 2.19. The van der Waals surface area contributed by atoms with Gasteiger partial charge in [-0.25, -0.2) is 9.18 Å². The lowest BCUT2D eigenvalue weighted by molar-refractivity contribution is -0.138. The molecule has 0 aromatic heterocycles. The zero-order valence-electron chi connectivity index (χ0n) is 13.2. The Morgan fingerprint density at radius 1 is 1.04 bits per heavy atom. The van der Waals surface area contributed by atoms with Gasteiger partial charge in [0.15, 0.2) is 0 Å². The Hall–Kier alpha value is -2.62. The van der Waals surface area contributed by atoms with Gasteiger partial charge in [-0.05, 0) is 24.6 Å². The first kappa shape index (κ1) is 16.7. The molecule has 2 rings (SSSR count). The lowest BCUT2D eigenvalue weighted by Crippen LogP contribution is -2.11. The summed E-state index contributed by atoms with van der Waals surface area (Å²) < 4.78 is 24.9. The number of ether oxygens (including phenoxy) is 2. The molecule has 0 saturated heterocycles. The van der Waals surface area contributed by atoms with Crippen LogP contribution in [0.25, 0.3) is 5.83 Å². The van der Waals surface area contributed by atoms with E-state index in [9.17, 15) is 9.18 Å². The maximum absolute atomic E-state index is 14.8. The first-order valence-corrected chi connectivity index (χ1v) is 7.39. The molecule has 0 aliphatic heterocycles. The fourth-order valence-corrected chi connectivity index (χ4v) is 2.16. The van der Waals surface area contributed by atoms with Crippen molar-refractivity contribution in [2.24, 2.45) is 0 Å². The van der Waals surface area contributed by atoms with E-state index in [-0.39, 0.29) is 18.6 Å². The Morgan fingerprint density at radius 3 is 2.26 bits per heavy atom. The molecular weight excluding hydrogens is 295 g/mol. The normalized spacial score (nSPS) is 11.6. The number of carbonyl (C=O) groups is 1. The average Bonchev–Trinajstić information content (AvgIpc) is 2.60. The van der Waals surface area contributed by atoms with Crippen LogP contribution in [0, 0.1) is 0 Å². The summed E-state index contributed by atoms with van der Waals surface area (Å²) in [6.45, 7) is 1.90. The number of methoxy groups -OCH3 is 1. The second-order valence-corrected chi connectivity index (χ2v) is 4.90. The molecule has 0 atom stereocenters. The molecule has 4 heteroatoms. The molecule has 0 saturated carbocycles. The Kier molecular flexibility index (Phi) is 5.92. The van der Waals surface area contributed by atoms with Crippen molar-refractivity contribution in [1.29, 1.82) is 0 Å². The highest BCUT2D eigenvalue weighted by molar-refractivity contribution is 5.96. The van der Waals surface area contributed by atoms with Gasteiger partial charge in [0.05, 0.1) is 19.3 Å². The molecule has 0 N–H and O–H groups in total. The Bertz CT molecular complexity index is 676. The fraction of sp³-hybridized carbons (Fsp3) is 0.211. The summed E-state index contributed by atoms with van der Waals surface area (Å²) in [5.74, 6) is -0.483. The number of benzene rings is 2. The van der Waals surface area contributed by atoms with Crippen LogP contribution in [0.1, 0.15) is 18.1 Å². The molecule has 2 aromatic carbocycles. The first-order chi connectivity index (χ1) is 11.2. The third-order valence-electron chi connectivity index (χ3n) is 3.35. The van der Waals surface area contributed by atoms with Crippen LogP contribution in [0.2, 0.25) is 0 Å². The molecule has 2 aromatic rings. The zero-order chi connectivity index (χ0) is 16.7. The zero-order valence-corrected chi connectivity index (χ0v) is 13.2. The van der Waals surface area contributed by atoms with Gasteiger partial charge in [0.2, 0.25) is 0 Å². The van der Waals surface area contributed by atoms with E-state index in [1.807, 2.05) is 0 Å². The average molecular weight is 314 g/mol. The van der Waals surface area contributed by atoms with Gasteiger partial charge in [-0.3, -0.25) is 0 Å². The van der Waals surface area contributed by atoms with Crippen LogP contribution in [0.5, 0.6) is 5.75 Å². The Morgan fingerprint density at radius 2 is 1.70 bits per heavy atom. The molecular formula is C19H19FO3. The summed E-state index contributed by atoms with van der Waals surface area (Å²) in [4.78, 5) is 12.1. The lowest BCUT2D eigenvalue weighted by Gasteiger charge is -2.10. The Labute approximate surface area is 135 Å². The number of hydrogen-bond donors (Lipinski definition) is 0. The summed E-state index contributed by atoms with van der Waals surface area (Å²) in [5.41, 5.74) is 1.19. The van der Waals surface area contributed by atoms with Gasteiger partial charge >= 0.3 is 5.97 Å². The van der Waals surface area contributed by atoms with Gasteiger partial charge in [0.1, 0.15) is 11.6 Å². The van der Waals surface area contributed by atoms with Crippen LogP contribution in [0.15, 0.2) is 60.2 Å². The topological polar surface area (TPSA) is 35.5 Å². The second-order valence-electron chi connectivity index (χ2n) is 4.90. The molecule has 23 heavy (non-hydrogen) atoms. The van der Waals surface area contributed by atoms with Crippen molar-refractivity contribution in [3.05, 3.63) is 71.3 Å². The van der Waals surface area contributed by atoms with Gasteiger partial charge < -0.3 is 9.47 Å². The fourth-order valence-electron chi connectivity index (χ4n) is 2.16. The first-order valence-electron chi connectivity index (χ1n) is 7.39. The molecule has 120 valence electrons. The van der Waals surface area contributed by atoms with Crippen LogP contribution >= 0.6 is 0 Å². The Balaban J connectivity index is 2.35. The number of carbonyl (C=O) groups excluding carboxylic acids is 1. The van der Waals surface area contributed by atoms with Crippen LogP contribution < -0.4 is 4.74 Å². The van der Waals surface area contributed by atoms with Gasteiger partial charge in [-0.1, -0.05) is 42.5 Å². The molecule has 0 heterocycles. The lowest BCUT2D eigenvalue weighted by atomic mass is 10.0. The summed E-state index contributed by atoms with van der Waals surface area (Å²) in [7, 11) is 1.58. The standard InChI is InChI=1S/C19H19FO3/c1-3-23-19(21)17(18(20)15-7-5-4-6-8-15)13-14-9-11-16(22-2)12-10-14/h4-12H,3,13H2,1-2H3/b18-17+. The minimum absolute atomic E-state index is 0.0169. The van der Waals surface area contributed by atoms with Crippen LogP contribution in [-0.2, 0) is 16.0 Å². The van der Waals surface area contributed by atoms with Crippen LogP contribution in [0.4, 0.5) is 4.39 Å². The summed E-state index contributed by atoms with van der Waals surface area (Å²) in [6.07, 6.45) is 0.156. The van der Waals surface area contributed by atoms with Crippen molar-refractivity contribution in [2.45, 2.75) is 13.3 Å². The second kappa shape index (κ2) is 8.13. The van der Waals surface area contributed by atoms with Crippen molar-refractivity contribution in [1.82, 2.24) is 0 Å². The molecule has 0 aliphatic rings. The highest BCUT2D eigenvalue weighted by atomic mass is 19.1. The smallest absolute Gasteiger partial charge is 0.337 e. The molecule has 0 bridgehead atoms. The summed E-state index contributed by atoms with van der Waals surface area (Å²) >= 11 is 0. The molecule has 0 aliphatic carbocycles. The quantitative estimate of drug-likeness (QED) is 0.592. The number of esters is 1. The molecule has 0 unspecified atom stereocenters. The summed E-state index contributed by atoms with van der Waals surface area (Å²) in [5, 5.41) is 0. The van der Waals surface area contributed by atoms with Gasteiger partial charge in [-0.2, -0.15) is 0 Å². The minimum atomic E-state index is -0.635. The molecule has 0 radical (unpaired) electrons. The van der Waals surface area contributed by atoms with E-state index in [0.29, 0.717) is 11.3 Å². The molecule has 0 fully saturated rings. The van der Waals surface area contributed by atoms with E-state index in [4.69, 9.17) is 9.47 Å². The van der Waals surface area contributed by atoms with E-state index in [1.165, 1.54) is 0 Å². The number of rotatable bonds is 6. The van der Waals surface area contributed by atoms with Crippen molar-refractivity contribution < 1.29 is 18.7 Å². The maximum Gasteiger partial charge on any atom is 0.337 e. The third kappa shape index (κ3) is 4.42. The molecule has 0 amide bonds. The van der Waals surface area contributed by atoms with E-state index >= 15 is 0 Å². The summed E-state index contributed by atoms with van der Waals surface area (Å²) in [6, 6.07) is 15.7. The minimum Gasteiger partial charge on any atom is -0.497 e. The van der Waals surface area contributed by atoms with Gasteiger partial charge in [-0.15, -0.1) is 0 Å². The van der Waals surface area contributed by atoms with Crippen molar-refractivity contribution in [3.63, 3.8) is 0 Å². The van der Waals surface area contributed by atoms with Crippen molar-refractivity contribution >= 4 is 11.8 Å². The van der Waals surface area contributed by atoms with Crippen molar-refractivity contribution in [2.75, 3.05) is 13.7 Å². The van der Waals surface area contributed by atoms with Crippen LogP contribution in [0.3, 0.4) is 0 Å². The largest absolute Gasteiger partial charge is 0.497 e. The number of hydrogen-bond acceptors (Lipinski definition) is 3. The molecule has 0 spiro atoms. The van der Waals surface area contributed by atoms with Gasteiger partial charge in [0, 0.05) is 12.0 Å². The van der Waals surface area contributed by atoms with Crippen LogP contribution in [-0.4, -0.2) is 19.7 Å². The molecule has 3 nitrogen and oxygen atoms in total. The third-order valence-corrected chi connectivity index (χ3v) is 3.35.